The Kier molecular flexibility index (Phi) is 5.85. The van der Waals surface area contributed by atoms with Gasteiger partial charge in [-0.3, -0.25) is 19.3 Å². The molecule has 2 amide bonds. The van der Waals surface area contributed by atoms with Crippen molar-refractivity contribution in [1.29, 1.82) is 0 Å². The molecule has 0 saturated carbocycles. The van der Waals surface area contributed by atoms with Crippen LogP contribution < -0.4 is 5.32 Å². The lowest BCUT2D eigenvalue weighted by atomic mass is 9.79. The number of hydrogen-bond acceptors (Lipinski definition) is 5. The molecule has 2 aliphatic rings. The van der Waals surface area contributed by atoms with Crippen molar-refractivity contribution in [2.45, 2.75) is 38.2 Å². The zero-order chi connectivity index (χ0) is 21.1. The van der Waals surface area contributed by atoms with Crippen molar-refractivity contribution < 1.29 is 14.3 Å². The van der Waals surface area contributed by atoms with Crippen molar-refractivity contribution in [2.24, 2.45) is 13.0 Å². The van der Waals surface area contributed by atoms with Gasteiger partial charge in [0.15, 0.2) is 5.69 Å². The largest absolute Gasteiger partial charge is 0.375 e. The molecular formula is C22H29N5O3. The minimum atomic E-state index is -0.199. The van der Waals surface area contributed by atoms with Gasteiger partial charge in [-0.25, -0.2) is 0 Å². The fraction of sp³-hybridized carbons (Fsp3) is 0.545. The number of likely N-dealkylation sites (tertiary alicyclic amines) is 1. The number of ether oxygens (including phenoxy) is 1. The van der Waals surface area contributed by atoms with Crippen LogP contribution in [0.4, 0.5) is 0 Å². The van der Waals surface area contributed by atoms with Gasteiger partial charge in [0, 0.05) is 45.2 Å². The van der Waals surface area contributed by atoms with Crippen LogP contribution in [0.1, 0.15) is 52.4 Å². The lowest BCUT2D eigenvalue weighted by Crippen LogP contribution is -2.51. The molecule has 8 heteroatoms. The number of nitrogens with zero attached hydrogens (tertiary/aromatic N) is 4. The lowest BCUT2D eigenvalue weighted by molar-refractivity contribution is -0.122. The van der Waals surface area contributed by atoms with Crippen LogP contribution in [0.2, 0.25) is 0 Å². The number of rotatable bonds is 4. The van der Waals surface area contributed by atoms with Gasteiger partial charge in [0.1, 0.15) is 5.69 Å². The average molecular weight is 412 g/mol. The van der Waals surface area contributed by atoms with E-state index in [0.29, 0.717) is 43.5 Å². The van der Waals surface area contributed by atoms with E-state index in [4.69, 9.17) is 4.74 Å². The van der Waals surface area contributed by atoms with Crippen LogP contribution in [0, 0.1) is 12.8 Å². The average Bonchev–Trinajstić information content (AvgIpc) is 3.11. The van der Waals surface area contributed by atoms with Crippen LogP contribution in [0.3, 0.4) is 0 Å². The number of carbonyl (C=O) groups is 2. The molecule has 0 bridgehead atoms. The highest BCUT2D eigenvalue weighted by molar-refractivity contribution is 5.92. The third-order valence-electron chi connectivity index (χ3n) is 6.34. The molecule has 2 aromatic rings. The molecule has 0 radical (unpaired) electrons. The Morgan fingerprint density at radius 3 is 2.73 bits per heavy atom. The molecule has 2 fully saturated rings. The molecular weight excluding hydrogens is 382 g/mol. The van der Waals surface area contributed by atoms with Crippen molar-refractivity contribution in [1.82, 2.24) is 25.0 Å². The van der Waals surface area contributed by atoms with E-state index in [1.54, 1.807) is 23.0 Å². The van der Waals surface area contributed by atoms with E-state index < -0.39 is 0 Å². The van der Waals surface area contributed by atoms with E-state index in [-0.39, 0.29) is 17.4 Å². The summed E-state index contributed by atoms with van der Waals surface area (Å²) in [6, 6.07) is 7.17. The van der Waals surface area contributed by atoms with Crippen LogP contribution in [0.5, 0.6) is 0 Å². The Morgan fingerprint density at radius 1 is 1.27 bits per heavy atom. The summed E-state index contributed by atoms with van der Waals surface area (Å²) in [5.74, 6) is 0.220. The van der Waals surface area contributed by atoms with Crippen molar-refractivity contribution >= 4 is 11.8 Å². The fourth-order valence-corrected chi connectivity index (χ4v) is 4.42. The highest BCUT2D eigenvalue weighted by Crippen LogP contribution is 2.37. The van der Waals surface area contributed by atoms with Crippen molar-refractivity contribution in [3.8, 4) is 0 Å². The summed E-state index contributed by atoms with van der Waals surface area (Å²) in [4.78, 5) is 31.0. The number of amides is 2. The zero-order valence-electron chi connectivity index (χ0n) is 17.6. The van der Waals surface area contributed by atoms with E-state index in [1.807, 2.05) is 31.0 Å². The van der Waals surface area contributed by atoms with Gasteiger partial charge in [0.25, 0.3) is 11.8 Å². The number of hydrogen-bond donors (Lipinski definition) is 1. The number of pyridine rings is 1. The Hall–Kier alpha value is -2.74. The van der Waals surface area contributed by atoms with E-state index in [0.717, 1.165) is 31.4 Å². The Bertz CT molecular complexity index is 883. The number of nitrogens with one attached hydrogen (secondary N) is 1. The normalized spacial score (nSPS) is 20.9. The number of piperidine rings is 1. The number of carbonyl (C=O) groups excluding carboxylic acids is 2. The molecule has 0 aromatic carbocycles. The third-order valence-corrected chi connectivity index (χ3v) is 6.34. The molecule has 4 heterocycles. The first-order valence-electron chi connectivity index (χ1n) is 10.6. The van der Waals surface area contributed by atoms with Crippen molar-refractivity contribution in [3.63, 3.8) is 0 Å². The first kappa shape index (κ1) is 20.5. The molecule has 160 valence electrons. The van der Waals surface area contributed by atoms with Crippen LogP contribution in [-0.4, -0.2) is 63.3 Å². The van der Waals surface area contributed by atoms with Gasteiger partial charge in [-0.15, -0.1) is 0 Å². The van der Waals surface area contributed by atoms with Gasteiger partial charge in [0.05, 0.1) is 5.60 Å². The van der Waals surface area contributed by atoms with Crippen molar-refractivity contribution in [2.75, 3.05) is 26.2 Å². The van der Waals surface area contributed by atoms with Gasteiger partial charge in [-0.2, -0.15) is 5.10 Å². The molecule has 8 nitrogen and oxygen atoms in total. The number of aromatic nitrogens is 3. The van der Waals surface area contributed by atoms with Crippen LogP contribution in [0.15, 0.2) is 30.5 Å². The summed E-state index contributed by atoms with van der Waals surface area (Å²) < 4.78 is 7.93. The summed E-state index contributed by atoms with van der Waals surface area (Å²) in [5.41, 5.74) is 1.72. The van der Waals surface area contributed by atoms with Crippen LogP contribution in [-0.2, 0) is 11.8 Å². The van der Waals surface area contributed by atoms with E-state index in [1.165, 1.54) is 0 Å². The zero-order valence-corrected chi connectivity index (χ0v) is 17.6. The fourth-order valence-electron chi connectivity index (χ4n) is 4.42. The highest BCUT2D eigenvalue weighted by Gasteiger charge is 2.41. The lowest BCUT2D eigenvalue weighted by Gasteiger charge is -2.46. The molecule has 1 unspecified atom stereocenters. The predicted octanol–water partition coefficient (Wildman–Crippen LogP) is 1.95. The summed E-state index contributed by atoms with van der Waals surface area (Å²) >= 11 is 0. The van der Waals surface area contributed by atoms with Gasteiger partial charge >= 0.3 is 0 Å². The Morgan fingerprint density at radius 2 is 2.07 bits per heavy atom. The maximum Gasteiger partial charge on any atom is 0.274 e. The molecule has 30 heavy (non-hydrogen) atoms. The van der Waals surface area contributed by atoms with Gasteiger partial charge in [-0.05, 0) is 56.7 Å². The first-order chi connectivity index (χ1) is 14.5. The van der Waals surface area contributed by atoms with Gasteiger partial charge in [-0.1, -0.05) is 6.07 Å². The second kappa shape index (κ2) is 8.55. The minimum Gasteiger partial charge on any atom is -0.375 e. The summed E-state index contributed by atoms with van der Waals surface area (Å²) in [7, 11) is 1.85. The van der Waals surface area contributed by atoms with Gasteiger partial charge < -0.3 is 15.0 Å². The predicted molar refractivity (Wildman–Crippen MR) is 111 cm³/mol. The van der Waals surface area contributed by atoms with Crippen LogP contribution in [0.25, 0.3) is 0 Å². The SMILES string of the molecule is Cc1cc(C(=O)N2CCC3(CC2)CC(CNC(=O)c2ccccn2)CCO3)nn1C. The first-order valence-corrected chi connectivity index (χ1v) is 10.6. The van der Waals surface area contributed by atoms with Gasteiger partial charge in [0.2, 0.25) is 0 Å². The Labute approximate surface area is 176 Å². The maximum atomic E-state index is 12.8. The second-order valence-electron chi connectivity index (χ2n) is 8.40. The molecule has 1 atom stereocenters. The third kappa shape index (κ3) is 4.38. The summed E-state index contributed by atoms with van der Waals surface area (Å²) in [6.07, 6.45) is 5.09. The van der Waals surface area contributed by atoms with Crippen molar-refractivity contribution in [3.05, 3.63) is 47.5 Å². The standard InChI is InChI=1S/C22H29N5O3/c1-16-13-19(25-26(16)2)21(29)27-10-7-22(8-11-27)14-17(6-12-30-22)15-24-20(28)18-5-3-4-9-23-18/h3-5,9,13,17H,6-8,10-12,14-15H2,1-2H3,(H,24,28). The van der Waals surface area contributed by atoms with E-state index in [2.05, 4.69) is 15.4 Å². The molecule has 2 aliphatic heterocycles. The van der Waals surface area contributed by atoms with E-state index in [9.17, 15) is 9.59 Å². The molecule has 2 aromatic heterocycles. The highest BCUT2D eigenvalue weighted by atomic mass is 16.5. The van der Waals surface area contributed by atoms with E-state index >= 15 is 0 Å². The molecule has 1 N–H and O–H groups in total. The topological polar surface area (TPSA) is 89.3 Å². The second-order valence-corrected chi connectivity index (χ2v) is 8.40. The van der Waals surface area contributed by atoms with Crippen LogP contribution >= 0.6 is 0 Å². The number of aryl methyl sites for hydroxylation is 2. The molecule has 4 rings (SSSR count). The quantitative estimate of drug-likeness (QED) is 0.831. The smallest absolute Gasteiger partial charge is 0.274 e. The maximum absolute atomic E-state index is 12.8. The molecule has 0 aliphatic carbocycles. The summed E-state index contributed by atoms with van der Waals surface area (Å²) in [6.45, 7) is 4.59. The Balaban J connectivity index is 1.30. The molecule has 1 spiro atoms. The monoisotopic (exact) mass is 411 g/mol. The minimum absolute atomic E-state index is 0.0106. The molecule has 2 saturated heterocycles. The summed E-state index contributed by atoms with van der Waals surface area (Å²) in [5, 5.41) is 7.33.